The zero-order valence-electron chi connectivity index (χ0n) is 10.6. The molecule has 0 aromatic carbocycles. The molecule has 15 heavy (non-hydrogen) atoms. The zero-order valence-corrected chi connectivity index (χ0v) is 10.6. The lowest BCUT2D eigenvalue weighted by Gasteiger charge is -2.31. The highest BCUT2D eigenvalue weighted by atomic mass is 16.3. The van der Waals surface area contributed by atoms with Crippen molar-refractivity contribution in [1.82, 2.24) is 0 Å². The molecule has 1 atom stereocenters. The van der Waals surface area contributed by atoms with Crippen molar-refractivity contribution in [2.24, 2.45) is 11.3 Å². The SMILES string of the molecule is CCCCC(CC)CC1(CO)CCCC1. The van der Waals surface area contributed by atoms with Gasteiger partial charge < -0.3 is 5.11 Å². The van der Waals surface area contributed by atoms with Crippen LogP contribution >= 0.6 is 0 Å². The quantitative estimate of drug-likeness (QED) is 0.672. The van der Waals surface area contributed by atoms with Gasteiger partial charge in [0.25, 0.3) is 0 Å². The first-order valence-corrected chi connectivity index (χ1v) is 6.87. The first kappa shape index (κ1) is 13.0. The summed E-state index contributed by atoms with van der Waals surface area (Å²) in [6.07, 6.45) is 11.8. The summed E-state index contributed by atoms with van der Waals surface area (Å²) >= 11 is 0. The smallest absolute Gasteiger partial charge is 0.0487 e. The lowest BCUT2D eigenvalue weighted by atomic mass is 9.76. The van der Waals surface area contributed by atoms with Crippen LogP contribution in [0.4, 0.5) is 0 Å². The molecule has 0 heterocycles. The van der Waals surface area contributed by atoms with Crippen molar-refractivity contribution in [1.29, 1.82) is 0 Å². The van der Waals surface area contributed by atoms with Crippen molar-refractivity contribution in [3.05, 3.63) is 0 Å². The Kier molecular flexibility index (Phi) is 5.66. The van der Waals surface area contributed by atoms with Crippen LogP contribution in [-0.4, -0.2) is 11.7 Å². The Bertz CT molecular complexity index is 159. The number of rotatable bonds is 7. The Hall–Kier alpha value is -0.0400. The number of hydrogen-bond donors (Lipinski definition) is 1. The second-order valence-corrected chi connectivity index (χ2v) is 5.49. The van der Waals surface area contributed by atoms with Crippen LogP contribution in [0.15, 0.2) is 0 Å². The normalized spacial score (nSPS) is 21.8. The topological polar surface area (TPSA) is 20.2 Å². The molecule has 0 spiro atoms. The molecule has 1 fully saturated rings. The molecule has 1 heteroatoms. The van der Waals surface area contributed by atoms with E-state index in [2.05, 4.69) is 13.8 Å². The molecule has 1 nitrogen and oxygen atoms in total. The molecular weight excluding hydrogens is 184 g/mol. The van der Waals surface area contributed by atoms with E-state index in [9.17, 15) is 5.11 Å². The summed E-state index contributed by atoms with van der Waals surface area (Å²) in [6.45, 7) is 5.00. The highest BCUT2D eigenvalue weighted by Crippen LogP contribution is 2.44. The molecule has 1 N–H and O–H groups in total. The minimum Gasteiger partial charge on any atom is -0.396 e. The van der Waals surface area contributed by atoms with Crippen LogP contribution in [0, 0.1) is 11.3 Å². The summed E-state index contributed by atoms with van der Waals surface area (Å²) in [5, 5.41) is 9.59. The van der Waals surface area contributed by atoms with Gasteiger partial charge in [-0.2, -0.15) is 0 Å². The van der Waals surface area contributed by atoms with E-state index in [0.29, 0.717) is 12.0 Å². The number of unbranched alkanes of at least 4 members (excludes halogenated alkanes) is 1. The van der Waals surface area contributed by atoms with E-state index < -0.39 is 0 Å². The third-order valence-corrected chi connectivity index (χ3v) is 4.26. The first-order chi connectivity index (χ1) is 7.26. The molecule has 1 saturated carbocycles. The standard InChI is InChI=1S/C14H28O/c1-3-5-8-13(4-2)11-14(12-15)9-6-7-10-14/h13,15H,3-12H2,1-2H3. The molecule has 1 aliphatic carbocycles. The first-order valence-electron chi connectivity index (χ1n) is 6.87. The number of aliphatic hydroxyl groups is 1. The van der Waals surface area contributed by atoms with E-state index in [-0.39, 0.29) is 0 Å². The minimum absolute atomic E-state index is 0.314. The Balaban J connectivity index is 2.40. The molecule has 0 amide bonds. The average molecular weight is 212 g/mol. The van der Waals surface area contributed by atoms with Gasteiger partial charge in [0.05, 0.1) is 0 Å². The largest absolute Gasteiger partial charge is 0.396 e. The lowest BCUT2D eigenvalue weighted by molar-refractivity contribution is 0.0973. The van der Waals surface area contributed by atoms with Crippen LogP contribution in [0.3, 0.4) is 0 Å². The van der Waals surface area contributed by atoms with Gasteiger partial charge in [-0.3, -0.25) is 0 Å². The zero-order chi connectivity index (χ0) is 11.1. The molecule has 1 aliphatic rings. The van der Waals surface area contributed by atoms with Crippen molar-refractivity contribution >= 4 is 0 Å². The molecule has 0 aliphatic heterocycles. The second kappa shape index (κ2) is 6.52. The third kappa shape index (κ3) is 3.79. The van der Waals surface area contributed by atoms with Gasteiger partial charge in [0.1, 0.15) is 0 Å². The van der Waals surface area contributed by atoms with Crippen molar-refractivity contribution in [2.75, 3.05) is 6.61 Å². The Labute approximate surface area is 95.3 Å². The molecule has 0 aromatic rings. The van der Waals surface area contributed by atoms with Crippen LogP contribution < -0.4 is 0 Å². The molecule has 90 valence electrons. The van der Waals surface area contributed by atoms with E-state index in [1.807, 2.05) is 0 Å². The predicted octanol–water partition coefficient (Wildman–Crippen LogP) is 4.15. The monoisotopic (exact) mass is 212 g/mol. The molecule has 1 unspecified atom stereocenters. The minimum atomic E-state index is 0.314. The van der Waals surface area contributed by atoms with E-state index in [1.165, 1.54) is 57.8 Å². The summed E-state index contributed by atoms with van der Waals surface area (Å²) in [4.78, 5) is 0. The fourth-order valence-electron chi connectivity index (χ4n) is 3.11. The summed E-state index contributed by atoms with van der Waals surface area (Å²) in [5.74, 6) is 0.857. The van der Waals surface area contributed by atoms with E-state index in [1.54, 1.807) is 0 Å². The lowest BCUT2D eigenvalue weighted by Crippen LogP contribution is -2.25. The van der Waals surface area contributed by atoms with Crippen molar-refractivity contribution in [3.63, 3.8) is 0 Å². The molecule has 0 saturated heterocycles. The highest BCUT2D eigenvalue weighted by molar-refractivity contribution is 4.86. The third-order valence-electron chi connectivity index (χ3n) is 4.26. The Morgan fingerprint density at radius 2 is 1.87 bits per heavy atom. The number of aliphatic hydroxyl groups excluding tert-OH is 1. The summed E-state index contributed by atoms with van der Waals surface area (Å²) in [5.41, 5.74) is 0.314. The van der Waals surface area contributed by atoms with Crippen molar-refractivity contribution in [2.45, 2.75) is 71.6 Å². The molecule has 0 bridgehead atoms. The van der Waals surface area contributed by atoms with Crippen molar-refractivity contribution < 1.29 is 5.11 Å². The van der Waals surface area contributed by atoms with Crippen LogP contribution in [0.2, 0.25) is 0 Å². The summed E-state index contributed by atoms with van der Waals surface area (Å²) in [6, 6.07) is 0. The maximum Gasteiger partial charge on any atom is 0.0487 e. The molecule has 0 radical (unpaired) electrons. The highest BCUT2D eigenvalue weighted by Gasteiger charge is 2.34. The molecular formula is C14H28O. The van der Waals surface area contributed by atoms with Crippen LogP contribution in [0.1, 0.15) is 71.6 Å². The second-order valence-electron chi connectivity index (χ2n) is 5.49. The van der Waals surface area contributed by atoms with Crippen LogP contribution in [0.25, 0.3) is 0 Å². The Morgan fingerprint density at radius 3 is 2.33 bits per heavy atom. The van der Waals surface area contributed by atoms with Crippen LogP contribution in [-0.2, 0) is 0 Å². The fourth-order valence-corrected chi connectivity index (χ4v) is 3.11. The molecule has 0 aromatic heterocycles. The van der Waals surface area contributed by atoms with Gasteiger partial charge in [-0.1, -0.05) is 52.4 Å². The maximum absolute atomic E-state index is 9.59. The van der Waals surface area contributed by atoms with E-state index in [4.69, 9.17) is 0 Å². The summed E-state index contributed by atoms with van der Waals surface area (Å²) < 4.78 is 0. The summed E-state index contributed by atoms with van der Waals surface area (Å²) in [7, 11) is 0. The number of hydrogen-bond acceptors (Lipinski definition) is 1. The fraction of sp³-hybridized carbons (Fsp3) is 1.00. The van der Waals surface area contributed by atoms with Gasteiger partial charge in [-0.25, -0.2) is 0 Å². The van der Waals surface area contributed by atoms with Gasteiger partial charge in [-0.05, 0) is 30.6 Å². The molecule has 1 rings (SSSR count). The van der Waals surface area contributed by atoms with Crippen LogP contribution in [0.5, 0.6) is 0 Å². The van der Waals surface area contributed by atoms with Gasteiger partial charge in [0, 0.05) is 6.61 Å². The van der Waals surface area contributed by atoms with Gasteiger partial charge in [-0.15, -0.1) is 0 Å². The van der Waals surface area contributed by atoms with Gasteiger partial charge in [0.15, 0.2) is 0 Å². The Morgan fingerprint density at radius 1 is 1.20 bits per heavy atom. The predicted molar refractivity (Wildman–Crippen MR) is 65.9 cm³/mol. The van der Waals surface area contributed by atoms with E-state index in [0.717, 1.165) is 5.92 Å². The maximum atomic E-state index is 9.59. The van der Waals surface area contributed by atoms with E-state index >= 15 is 0 Å². The average Bonchev–Trinajstić information content (AvgIpc) is 2.73. The van der Waals surface area contributed by atoms with Gasteiger partial charge in [0.2, 0.25) is 0 Å². The van der Waals surface area contributed by atoms with Crippen molar-refractivity contribution in [3.8, 4) is 0 Å². The van der Waals surface area contributed by atoms with Gasteiger partial charge >= 0.3 is 0 Å².